The van der Waals surface area contributed by atoms with E-state index in [0.717, 1.165) is 37.3 Å². The van der Waals surface area contributed by atoms with Gasteiger partial charge in [0.15, 0.2) is 12.2 Å². The number of aromatic nitrogens is 2. The molecule has 22 N–H and O–H groups in total. The van der Waals surface area contributed by atoms with Gasteiger partial charge in [0.1, 0.15) is 71.9 Å². The van der Waals surface area contributed by atoms with Gasteiger partial charge in [-0.05, 0) is 61.2 Å². The Labute approximate surface area is 598 Å². The number of carbonyl (C=O) groups is 17. The highest BCUT2D eigenvalue weighted by Gasteiger charge is 2.46. The van der Waals surface area contributed by atoms with E-state index in [2.05, 4.69) is 47.2 Å². The molecule has 0 radical (unpaired) electrons. The van der Waals surface area contributed by atoms with Gasteiger partial charge in [-0.25, -0.2) is 4.79 Å². The number of phenolic OH excluding ortho intramolecular Hbond substituents is 1. The lowest BCUT2D eigenvalue weighted by Gasteiger charge is -2.29. The van der Waals surface area contributed by atoms with Crippen LogP contribution in [0.4, 0.5) is 0 Å². The third-order valence-electron chi connectivity index (χ3n) is 16.4. The number of hydrogen-bond acceptors (Lipinski definition) is 22. The topological polar surface area (TPSA) is 643 Å². The van der Waals surface area contributed by atoms with Gasteiger partial charge in [0.25, 0.3) is 5.91 Å². The number of aliphatic carboxylic acids is 4. The number of nitrogens with two attached hydrogens (primary N) is 1. The summed E-state index contributed by atoms with van der Waals surface area (Å²) in [7, 11) is 0. The summed E-state index contributed by atoms with van der Waals surface area (Å²) in [6.07, 6.45) is -8.34. The number of aromatic amines is 2. The first-order chi connectivity index (χ1) is 50.2. The molecule has 40 nitrogen and oxygen atoms in total. The van der Waals surface area contributed by atoms with Gasteiger partial charge >= 0.3 is 29.8 Å². The fourth-order valence-corrected chi connectivity index (χ4v) is 10.9. The average molecular weight is 1480 g/mol. The first-order valence-electron chi connectivity index (χ1n) is 32.5. The molecule has 0 unspecified atom stereocenters. The molecule has 2 aliphatic heterocycles. The second-order valence-electron chi connectivity index (χ2n) is 24.3. The fraction of sp³-hybridized carbons (Fsp3) is 0.379. The largest absolute Gasteiger partial charge is 0.508 e. The number of cyclic esters (lactones) is 1. The quantitative estimate of drug-likeness (QED) is 0.0175. The number of ether oxygens (including phenoxy) is 2. The van der Waals surface area contributed by atoms with Crippen LogP contribution in [0.5, 0.6) is 5.75 Å². The van der Waals surface area contributed by atoms with Crippen molar-refractivity contribution >= 4 is 129 Å². The monoisotopic (exact) mass is 1480 g/mol. The summed E-state index contributed by atoms with van der Waals surface area (Å²) in [5.74, 6) is -26.9. The van der Waals surface area contributed by atoms with E-state index in [4.69, 9.17) is 15.2 Å². The molecule has 0 aliphatic carbocycles. The van der Waals surface area contributed by atoms with Crippen LogP contribution in [-0.4, -0.2) is 232 Å². The number of nitrogens with one attached hydrogen (secondary N) is 13. The molecule has 3 aromatic carbocycles. The highest BCUT2D eigenvalue weighted by molar-refractivity contribution is 6.05. The normalized spacial score (nSPS) is 23.9. The second-order valence-corrected chi connectivity index (χ2v) is 24.3. The predicted octanol–water partition coefficient (Wildman–Crippen LogP) is -5.45. The van der Waals surface area contributed by atoms with Gasteiger partial charge in [-0.15, -0.1) is 0 Å². The SMILES string of the molecule is CCC[C@@H]1O[C@@H]1C(=O)N[C@@H](CO)C(=O)N[C@@H]1C(=O)N[C@H](Cc2c[nH]c3ccccc23)C(=O)N[C@@H](CC(=O)O)C(=O)N[C@@H](CC(=O)O)C(=O)N[C@H](c2ccc(O)cc2)C(=O)N[C@@H](CC(=O)O)C(=O)NCC(=O)N[C@H]([C@H](O)C(N)=O)C(=O)N[C@@H](CCC(=O)O)C(=O)N/C(=C\c2c[nH]c3ccccc23)C(=O)O[C@@H]1C. The number of aliphatic hydroxyl groups is 2. The Bertz CT molecular complexity index is 4250. The van der Waals surface area contributed by atoms with Crippen LogP contribution in [-0.2, 0) is 97.4 Å². The summed E-state index contributed by atoms with van der Waals surface area (Å²) in [5, 5.41) is 95.7. The summed E-state index contributed by atoms with van der Waals surface area (Å²) in [4.78, 5) is 240. The van der Waals surface area contributed by atoms with Gasteiger partial charge in [0.2, 0.25) is 65.0 Å². The van der Waals surface area contributed by atoms with Crippen molar-refractivity contribution in [3.8, 4) is 5.75 Å². The maximum atomic E-state index is 15.3. The number of benzene rings is 3. The van der Waals surface area contributed by atoms with Crippen LogP contribution < -0.4 is 64.2 Å². The Balaban J connectivity index is 1.38. The Hall–Kier alpha value is -12.9. The molecular formula is C66H76N14O26. The highest BCUT2D eigenvalue weighted by atomic mass is 16.6. The minimum absolute atomic E-state index is 0.0929. The van der Waals surface area contributed by atoms with Crippen molar-refractivity contribution in [3.05, 3.63) is 108 Å². The van der Waals surface area contributed by atoms with Crippen LogP contribution in [0.25, 0.3) is 27.9 Å². The number of rotatable bonds is 22. The van der Waals surface area contributed by atoms with Gasteiger partial charge < -0.3 is 119 Å². The van der Waals surface area contributed by atoms with Crippen LogP contribution in [0.15, 0.2) is 90.9 Å². The van der Waals surface area contributed by atoms with E-state index in [1.165, 1.54) is 12.4 Å². The molecule has 2 aromatic heterocycles. The van der Waals surface area contributed by atoms with E-state index in [-0.39, 0.29) is 16.7 Å². The highest BCUT2D eigenvalue weighted by Crippen LogP contribution is 2.27. The molecule has 566 valence electrons. The first-order valence-corrected chi connectivity index (χ1v) is 32.5. The lowest BCUT2D eigenvalue weighted by molar-refractivity contribution is -0.150. The van der Waals surface area contributed by atoms with Gasteiger partial charge in [0.05, 0.1) is 38.5 Å². The molecule has 4 heterocycles. The number of aromatic hydroxyl groups is 1. The number of carbonyl (C=O) groups excluding carboxylic acids is 13. The number of esters is 1. The van der Waals surface area contributed by atoms with E-state index in [1.54, 1.807) is 55.5 Å². The number of fused-ring (bicyclic) bond motifs is 2. The zero-order valence-electron chi connectivity index (χ0n) is 56.2. The number of aliphatic hydroxyl groups excluding tert-OH is 2. The number of phenols is 1. The predicted molar refractivity (Wildman–Crippen MR) is 359 cm³/mol. The van der Waals surface area contributed by atoms with E-state index in [9.17, 15) is 108 Å². The van der Waals surface area contributed by atoms with Gasteiger partial charge in [-0.2, -0.15) is 0 Å². The molecule has 13 atom stereocenters. The molecule has 0 spiro atoms. The van der Waals surface area contributed by atoms with Crippen molar-refractivity contribution in [2.75, 3.05) is 13.2 Å². The third kappa shape index (κ3) is 22.3. The molecule has 0 bridgehead atoms. The van der Waals surface area contributed by atoms with Crippen molar-refractivity contribution in [2.24, 2.45) is 5.73 Å². The number of para-hydroxylation sites is 2. The smallest absolute Gasteiger partial charge is 0.355 e. The summed E-state index contributed by atoms with van der Waals surface area (Å²) in [6.45, 7) is 0.294. The van der Waals surface area contributed by atoms with Gasteiger partial charge in [-0.1, -0.05) is 61.9 Å². The Morgan fingerprint density at radius 2 is 1.17 bits per heavy atom. The molecule has 106 heavy (non-hydrogen) atoms. The number of primary amides is 1. The van der Waals surface area contributed by atoms with Crippen LogP contribution in [0.2, 0.25) is 0 Å². The van der Waals surface area contributed by atoms with E-state index >= 15 is 9.59 Å². The van der Waals surface area contributed by atoms with Gasteiger partial charge in [-0.3, -0.25) is 76.7 Å². The molecule has 0 saturated carbocycles. The number of H-pyrrole nitrogens is 2. The van der Waals surface area contributed by atoms with E-state index < -0.39 is 243 Å². The standard InChI is InChI=1S/C66H76N14O26/c1-3-8-44-54(106-44)65(103)77-43(27-81)61(99)79-50-28(2)105-66(104)42(20-31-25-69-36-12-7-5-10-34(31)36)76-57(95)37(17-18-46(84)85)71-64(102)52(53(92)55(67)93)78-45(83)26-70-56(94)39(21-47(86)87)75-63(101)51(29-13-15-32(82)16-14-29)80-60(98)41(23-49(90)91)73-59(97)40(22-48(88)89)72-58(96)38(74-62(50)100)19-30-24-68-35-11-6-4-9-33(30)35/h4-7,9-16,20,24-25,28,37-41,43-44,50-54,68-69,81-82,92H,3,8,17-19,21-23,26-27H2,1-2H3,(H2,67,93)(H,70,94)(H,71,102)(H,72,96)(H,73,97)(H,74,100)(H,75,101)(H,76,95)(H,77,103)(H,78,83)(H,79,99)(H,80,98)(H,84,85)(H,86,87)(H,88,89)(H,90,91)/b42-20-/t28-,37+,38-,39+,40+,41+,43+,44+,50+,51-,52-,53+,54+/m1/s1. The minimum Gasteiger partial charge on any atom is -0.508 e. The van der Waals surface area contributed by atoms with Crippen molar-refractivity contribution in [1.82, 2.24) is 68.5 Å². The first kappa shape index (κ1) is 80.5. The summed E-state index contributed by atoms with van der Waals surface area (Å²) >= 11 is 0. The fourth-order valence-electron chi connectivity index (χ4n) is 10.9. The third-order valence-corrected chi connectivity index (χ3v) is 16.4. The molecule has 2 fully saturated rings. The van der Waals surface area contributed by atoms with Crippen molar-refractivity contribution in [1.29, 1.82) is 0 Å². The summed E-state index contributed by atoms with van der Waals surface area (Å²) < 4.78 is 11.2. The number of amides is 12. The molecule has 2 saturated heterocycles. The van der Waals surface area contributed by atoms with Crippen LogP contribution in [0, 0.1) is 0 Å². The molecule has 12 amide bonds. The lowest BCUT2D eigenvalue weighted by Crippen LogP contribution is -2.62. The number of epoxide rings is 1. The molecule has 40 heteroatoms. The number of carboxylic acids is 4. The van der Waals surface area contributed by atoms with Crippen molar-refractivity contribution in [3.63, 3.8) is 0 Å². The average Bonchev–Trinajstić information content (AvgIpc) is 1.67. The number of hydrogen-bond donors (Lipinski definition) is 21. The Kier molecular flexibility index (Phi) is 28.0. The Morgan fingerprint density at radius 1 is 0.623 bits per heavy atom. The second kappa shape index (κ2) is 36.8. The maximum Gasteiger partial charge on any atom is 0.355 e. The van der Waals surface area contributed by atoms with E-state index in [0.29, 0.717) is 34.6 Å². The number of carboxylic acid groups (broad SMARTS) is 4. The zero-order chi connectivity index (χ0) is 77.8. The Morgan fingerprint density at radius 3 is 1.76 bits per heavy atom. The molecule has 2 aliphatic rings. The van der Waals surface area contributed by atoms with Crippen molar-refractivity contribution < 1.29 is 127 Å². The maximum absolute atomic E-state index is 15.3. The van der Waals surface area contributed by atoms with Crippen LogP contribution in [0.1, 0.15) is 81.5 Å². The summed E-state index contributed by atoms with van der Waals surface area (Å²) in [5.41, 5.74) is 5.31. The molecule has 7 rings (SSSR count). The molecule has 5 aromatic rings. The van der Waals surface area contributed by atoms with Crippen LogP contribution in [0.3, 0.4) is 0 Å². The van der Waals surface area contributed by atoms with Crippen LogP contribution >= 0.6 is 0 Å². The lowest BCUT2D eigenvalue weighted by atomic mass is 10.0. The zero-order valence-corrected chi connectivity index (χ0v) is 56.2. The minimum atomic E-state index is -2.73. The molecular weight excluding hydrogens is 1400 g/mol. The summed E-state index contributed by atoms with van der Waals surface area (Å²) in [6, 6.07) is -3.45. The van der Waals surface area contributed by atoms with Crippen molar-refractivity contribution in [2.45, 2.75) is 144 Å². The van der Waals surface area contributed by atoms with E-state index in [1.807, 2.05) is 21.3 Å². The van der Waals surface area contributed by atoms with Gasteiger partial charge in [0, 0.05) is 52.6 Å².